The summed E-state index contributed by atoms with van der Waals surface area (Å²) in [5.41, 5.74) is -1.07. The van der Waals surface area contributed by atoms with E-state index in [4.69, 9.17) is 4.74 Å². The normalized spacial score (nSPS) is 11.6. The van der Waals surface area contributed by atoms with Crippen molar-refractivity contribution in [3.63, 3.8) is 0 Å². The topological polar surface area (TPSA) is 35.0 Å². The Labute approximate surface area is 149 Å². The van der Waals surface area contributed by atoms with Crippen molar-refractivity contribution in [3.05, 3.63) is 69.8 Å². The summed E-state index contributed by atoms with van der Waals surface area (Å²) in [7, 11) is 0. The van der Waals surface area contributed by atoms with E-state index in [0.29, 0.717) is 0 Å². The van der Waals surface area contributed by atoms with E-state index in [0.717, 1.165) is 23.4 Å². The van der Waals surface area contributed by atoms with Gasteiger partial charge in [0.1, 0.15) is 11.3 Å². The van der Waals surface area contributed by atoms with E-state index in [-0.39, 0.29) is 11.9 Å². The van der Waals surface area contributed by atoms with Gasteiger partial charge in [-0.3, -0.25) is 0 Å². The molecule has 0 fully saturated rings. The Bertz CT molecular complexity index is 879. The number of nitrogens with zero attached hydrogens (tertiary/aromatic N) is 2. The van der Waals surface area contributed by atoms with Gasteiger partial charge >= 0.3 is 6.18 Å². The number of aryl methyl sites for hydroxylation is 2. The predicted molar refractivity (Wildman–Crippen MR) is 85.2 cm³/mol. The zero-order valence-corrected chi connectivity index (χ0v) is 13.9. The maximum absolute atomic E-state index is 13.9. The molecule has 0 amide bonds. The summed E-state index contributed by atoms with van der Waals surface area (Å²) in [6, 6.07) is 6.37. The van der Waals surface area contributed by atoms with Crippen molar-refractivity contribution in [2.75, 3.05) is 0 Å². The van der Waals surface area contributed by atoms with Crippen molar-refractivity contribution in [1.82, 2.24) is 9.97 Å². The summed E-state index contributed by atoms with van der Waals surface area (Å²) in [5, 5.41) is 2.87. The van der Waals surface area contributed by atoms with E-state index in [9.17, 15) is 22.0 Å². The molecule has 0 radical (unpaired) electrons. The monoisotopic (exact) mass is 386 g/mol. The summed E-state index contributed by atoms with van der Waals surface area (Å²) in [5.74, 6) is -4.52. The predicted octanol–water partition coefficient (Wildman–Crippen LogP) is 5.41. The second kappa shape index (κ2) is 7.36. The SMILES string of the molecule is Fc1cnc(Oc2ccc(CCc3nccs3)cc2)c(F)c1C(F)(F)F. The van der Waals surface area contributed by atoms with Gasteiger partial charge in [-0.15, -0.1) is 11.3 Å². The largest absolute Gasteiger partial charge is 0.436 e. The molecule has 3 rings (SSSR count). The van der Waals surface area contributed by atoms with Gasteiger partial charge < -0.3 is 4.74 Å². The zero-order chi connectivity index (χ0) is 18.7. The first-order valence-corrected chi connectivity index (χ1v) is 8.29. The summed E-state index contributed by atoms with van der Waals surface area (Å²) < 4.78 is 70.3. The van der Waals surface area contributed by atoms with Gasteiger partial charge in [-0.05, 0) is 24.1 Å². The zero-order valence-electron chi connectivity index (χ0n) is 13.1. The minimum Gasteiger partial charge on any atom is -0.436 e. The quantitative estimate of drug-likeness (QED) is 0.550. The van der Waals surface area contributed by atoms with E-state index >= 15 is 0 Å². The van der Waals surface area contributed by atoms with Crippen LogP contribution in [0, 0.1) is 11.6 Å². The molecule has 3 nitrogen and oxygen atoms in total. The minimum atomic E-state index is -5.19. The third-order valence-electron chi connectivity index (χ3n) is 3.47. The van der Waals surface area contributed by atoms with E-state index in [2.05, 4.69) is 9.97 Å². The average Bonchev–Trinajstić information content (AvgIpc) is 3.09. The van der Waals surface area contributed by atoms with Crippen LogP contribution in [0.3, 0.4) is 0 Å². The molecule has 2 aromatic heterocycles. The van der Waals surface area contributed by atoms with Crippen molar-refractivity contribution in [2.24, 2.45) is 0 Å². The summed E-state index contributed by atoms with van der Waals surface area (Å²) in [6.07, 6.45) is -1.72. The maximum atomic E-state index is 13.9. The Morgan fingerprint density at radius 3 is 2.35 bits per heavy atom. The molecule has 0 aliphatic carbocycles. The van der Waals surface area contributed by atoms with E-state index in [1.54, 1.807) is 29.7 Å². The molecule has 26 heavy (non-hydrogen) atoms. The van der Waals surface area contributed by atoms with Crippen LogP contribution < -0.4 is 4.74 Å². The number of pyridine rings is 1. The van der Waals surface area contributed by atoms with Crippen LogP contribution in [0.5, 0.6) is 11.6 Å². The number of thiazole rings is 1. The van der Waals surface area contributed by atoms with Gasteiger partial charge in [0.05, 0.1) is 11.2 Å². The van der Waals surface area contributed by atoms with Crippen LogP contribution in [0.1, 0.15) is 16.1 Å². The van der Waals surface area contributed by atoms with Crippen LogP contribution in [-0.2, 0) is 19.0 Å². The van der Waals surface area contributed by atoms with Crippen LogP contribution in [0.4, 0.5) is 22.0 Å². The number of alkyl halides is 3. The highest BCUT2D eigenvalue weighted by Gasteiger charge is 2.39. The molecule has 136 valence electrons. The van der Waals surface area contributed by atoms with E-state index in [1.165, 1.54) is 12.1 Å². The van der Waals surface area contributed by atoms with Crippen LogP contribution in [0.2, 0.25) is 0 Å². The third kappa shape index (κ3) is 4.16. The number of aromatic nitrogens is 2. The lowest BCUT2D eigenvalue weighted by molar-refractivity contribution is -0.142. The van der Waals surface area contributed by atoms with Crippen LogP contribution >= 0.6 is 11.3 Å². The molecule has 1 aromatic carbocycles. The first-order chi connectivity index (χ1) is 12.3. The first-order valence-electron chi connectivity index (χ1n) is 7.41. The molecule has 2 heterocycles. The number of halogens is 5. The lowest BCUT2D eigenvalue weighted by Gasteiger charge is -2.12. The molecule has 0 unspecified atom stereocenters. The number of rotatable bonds is 5. The Balaban J connectivity index is 1.73. The Morgan fingerprint density at radius 1 is 1.00 bits per heavy atom. The molecule has 0 spiro atoms. The van der Waals surface area contributed by atoms with E-state index < -0.39 is 29.3 Å². The molecule has 0 aliphatic heterocycles. The van der Waals surface area contributed by atoms with Crippen LogP contribution in [0.25, 0.3) is 0 Å². The Morgan fingerprint density at radius 2 is 1.73 bits per heavy atom. The molecular formula is C17H11F5N2OS. The molecule has 0 saturated carbocycles. The molecular weight excluding hydrogens is 375 g/mol. The lowest BCUT2D eigenvalue weighted by Crippen LogP contribution is -2.13. The molecule has 9 heteroatoms. The fourth-order valence-electron chi connectivity index (χ4n) is 2.24. The van der Waals surface area contributed by atoms with Crippen LogP contribution in [0.15, 0.2) is 42.0 Å². The van der Waals surface area contributed by atoms with E-state index in [1.807, 2.05) is 5.38 Å². The van der Waals surface area contributed by atoms with Crippen molar-refractivity contribution in [3.8, 4) is 11.6 Å². The highest BCUT2D eigenvalue weighted by Crippen LogP contribution is 2.36. The van der Waals surface area contributed by atoms with Crippen molar-refractivity contribution >= 4 is 11.3 Å². The minimum absolute atomic E-state index is 0.0918. The van der Waals surface area contributed by atoms with Gasteiger partial charge in [-0.25, -0.2) is 18.7 Å². The molecule has 0 aliphatic rings. The van der Waals surface area contributed by atoms with Gasteiger partial charge in [0.2, 0.25) is 5.82 Å². The molecule has 3 aromatic rings. The van der Waals surface area contributed by atoms with Crippen molar-refractivity contribution < 1.29 is 26.7 Å². The maximum Gasteiger partial charge on any atom is 0.422 e. The number of hydrogen-bond acceptors (Lipinski definition) is 4. The highest BCUT2D eigenvalue weighted by atomic mass is 32.1. The standard InChI is InChI=1S/C17H11F5N2OS/c18-12-9-24-16(15(19)14(12)17(20,21)22)25-11-4-1-10(2-5-11)3-6-13-23-7-8-26-13/h1-2,4-5,7-9H,3,6H2. The second-order valence-electron chi connectivity index (χ2n) is 5.27. The van der Waals surface area contributed by atoms with Gasteiger partial charge in [0.25, 0.3) is 5.88 Å². The molecule has 0 saturated heterocycles. The Hall–Kier alpha value is -2.55. The third-order valence-corrected chi connectivity index (χ3v) is 4.31. The molecule has 0 bridgehead atoms. The van der Waals surface area contributed by atoms with Gasteiger partial charge in [-0.2, -0.15) is 13.2 Å². The van der Waals surface area contributed by atoms with Gasteiger partial charge in [0.15, 0.2) is 5.82 Å². The smallest absolute Gasteiger partial charge is 0.422 e. The number of hydrogen-bond donors (Lipinski definition) is 0. The Kier molecular flexibility index (Phi) is 5.17. The van der Waals surface area contributed by atoms with Crippen LogP contribution in [-0.4, -0.2) is 9.97 Å². The van der Waals surface area contributed by atoms with Crippen molar-refractivity contribution in [1.29, 1.82) is 0 Å². The summed E-state index contributed by atoms with van der Waals surface area (Å²) in [4.78, 5) is 7.43. The van der Waals surface area contributed by atoms with Gasteiger partial charge in [-0.1, -0.05) is 12.1 Å². The average molecular weight is 386 g/mol. The van der Waals surface area contributed by atoms with Gasteiger partial charge in [0, 0.05) is 18.0 Å². The molecule has 0 N–H and O–H groups in total. The second-order valence-corrected chi connectivity index (χ2v) is 6.25. The summed E-state index contributed by atoms with van der Waals surface area (Å²) in [6.45, 7) is 0. The summed E-state index contributed by atoms with van der Waals surface area (Å²) >= 11 is 1.54. The number of benzene rings is 1. The fourth-order valence-corrected chi connectivity index (χ4v) is 2.86. The number of ether oxygens (including phenoxy) is 1. The van der Waals surface area contributed by atoms with Crippen molar-refractivity contribution in [2.45, 2.75) is 19.0 Å². The lowest BCUT2D eigenvalue weighted by atomic mass is 10.1. The fraction of sp³-hybridized carbons (Fsp3) is 0.176. The molecule has 0 atom stereocenters. The highest BCUT2D eigenvalue weighted by molar-refractivity contribution is 7.09. The first kappa shape index (κ1) is 18.2.